The molecule has 0 spiro atoms. The summed E-state index contributed by atoms with van der Waals surface area (Å²) >= 11 is 0. The lowest BCUT2D eigenvalue weighted by molar-refractivity contribution is -0.160. The van der Waals surface area contributed by atoms with Crippen molar-refractivity contribution in [3.63, 3.8) is 0 Å². The second kappa shape index (κ2) is 6.27. The summed E-state index contributed by atoms with van der Waals surface area (Å²) in [6.45, 7) is 5.29. The molecule has 1 heterocycles. The van der Waals surface area contributed by atoms with Gasteiger partial charge in [-0.05, 0) is 32.9 Å². The first-order chi connectivity index (χ1) is 10.3. The van der Waals surface area contributed by atoms with Gasteiger partial charge in [0.05, 0.1) is 24.3 Å². The van der Waals surface area contributed by atoms with E-state index in [-0.39, 0.29) is 31.6 Å². The fraction of sp³-hybridized carbons (Fsp3) is 0.438. The second-order valence-corrected chi connectivity index (χ2v) is 5.95. The smallest absolute Gasteiger partial charge is 0.332 e. The van der Waals surface area contributed by atoms with Gasteiger partial charge in [-0.15, -0.1) is 0 Å². The van der Waals surface area contributed by atoms with Crippen molar-refractivity contribution in [3.8, 4) is 0 Å². The van der Waals surface area contributed by atoms with Crippen molar-refractivity contribution in [3.05, 3.63) is 35.4 Å². The van der Waals surface area contributed by atoms with Crippen molar-refractivity contribution in [2.45, 2.75) is 26.4 Å². The second-order valence-electron chi connectivity index (χ2n) is 5.95. The predicted molar refractivity (Wildman–Crippen MR) is 78.5 cm³/mol. The molecule has 0 saturated carbocycles. The third-order valence-electron chi connectivity index (χ3n) is 2.98. The van der Waals surface area contributed by atoms with Crippen LogP contribution in [0.5, 0.6) is 0 Å². The number of benzene rings is 1. The first-order valence-electron chi connectivity index (χ1n) is 7.04. The highest BCUT2D eigenvalue weighted by molar-refractivity contribution is 6.21. The minimum Gasteiger partial charge on any atom is -0.458 e. The molecule has 0 unspecified atom stereocenters. The van der Waals surface area contributed by atoms with Gasteiger partial charge in [0.1, 0.15) is 12.2 Å². The number of hydrogen-bond donors (Lipinski definition) is 0. The van der Waals surface area contributed by atoms with Crippen LogP contribution in [0.3, 0.4) is 0 Å². The molecule has 0 saturated heterocycles. The SMILES string of the molecule is CC(C)(C)OC(=O)COCCN1C(=O)c2ccccc2C1=O. The van der Waals surface area contributed by atoms with Crippen LogP contribution in [0, 0.1) is 0 Å². The van der Waals surface area contributed by atoms with Crippen LogP contribution < -0.4 is 0 Å². The zero-order valence-electron chi connectivity index (χ0n) is 12.9. The first kappa shape index (κ1) is 16.2. The molecule has 1 aliphatic rings. The highest BCUT2D eigenvalue weighted by Gasteiger charge is 2.34. The van der Waals surface area contributed by atoms with Crippen LogP contribution in [0.15, 0.2) is 24.3 Å². The van der Waals surface area contributed by atoms with Crippen LogP contribution in [-0.4, -0.2) is 48.0 Å². The summed E-state index contributed by atoms with van der Waals surface area (Å²) in [5.41, 5.74) is 0.238. The van der Waals surface area contributed by atoms with Crippen LogP contribution in [0.1, 0.15) is 41.5 Å². The molecule has 0 radical (unpaired) electrons. The molecule has 2 rings (SSSR count). The van der Waals surface area contributed by atoms with E-state index in [1.165, 1.54) is 0 Å². The topological polar surface area (TPSA) is 72.9 Å². The molecule has 118 valence electrons. The van der Waals surface area contributed by atoms with Gasteiger partial charge in [-0.25, -0.2) is 4.79 Å². The average molecular weight is 305 g/mol. The Morgan fingerprint density at radius 2 is 1.64 bits per heavy atom. The van der Waals surface area contributed by atoms with Gasteiger partial charge in [-0.2, -0.15) is 0 Å². The first-order valence-corrected chi connectivity index (χ1v) is 7.04. The maximum absolute atomic E-state index is 12.1. The van der Waals surface area contributed by atoms with Crippen LogP contribution in [-0.2, 0) is 14.3 Å². The zero-order valence-corrected chi connectivity index (χ0v) is 12.9. The molecule has 0 atom stereocenters. The molecule has 0 N–H and O–H groups in total. The minimum absolute atomic E-state index is 0.0880. The number of ether oxygens (including phenoxy) is 2. The Labute approximate surface area is 129 Å². The summed E-state index contributed by atoms with van der Waals surface area (Å²) in [7, 11) is 0. The fourth-order valence-corrected chi connectivity index (χ4v) is 2.12. The molecular weight excluding hydrogens is 286 g/mol. The van der Waals surface area contributed by atoms with E-state index in [0.717, 1.165) is 4.90 Å². The normalized spacial score (nSPS) is 14.2. The van der Waals surface area contributed by atoms with Crippen molar-refractivity contribution in [2.75, 3.05) is 19.8 Å². The Hall–Kier alpha value is -2.21. The standard InChI is InChI=1S/C16H19NO5/c1-16(2,3)22-13(18)10-21-9-8-17-14(19)11-6-4-5-7-12(11)15(17)20/h4-7H,8-10H2,1-3H3. The van der Waals surface area contributed by atoms with Gasteiger partial charge in [0.2, 0.25) is 0 Å². The molecule has 0 aromatic heterocycles. The van der Waals surface area contributed by atoms with E-state index in [4.69, 9.17) is 9.47 Å². The molecule has 6 nitrogen and oxygen atoms in total. The summed E-state index contributed by atoms with van der Waals surface area (Å²) in [4.78, 5) is 36.8. The maximum atomic E-state index is 12.1. The molecule has 1 aliphatic heterocycles. The lowest BCUT2D eigenvalue weighted by Gasteiger charge is -2.19. The number of rotatable bonds is 5. The van der Waals surface area contributed by atoms with E-state index in [1.807, 2.05) is 0 Å². The number of fused-ring (bicyclic) bond motifs is 1. The van der Waals surface area contributed by atoms with E-state index in [9.17, 15) is 14.4 Å². The molecule has 6 heteroatoms. The monoisotopic (exact) mass is 305 g/mol. The van der Waals surface area contributed by atoms with E-state index in [2.05, 4.69) is 0 Å². The zero-order chi connectivity index (χ0) is 16.3. The number of hydrogen-bond acceptors (Lipinski definition) is 5. The van der Waals surface area contributed by atoms with Gasteiger partial charge in [0, 0.05) is 0 Å². The quantitative estimate of drug-likeness (QED) is 0.470. The number of carbonyl (C=O) groups is 3. The summed E-state index contributed by atoms with van der Waals surface area (Å²) < 4.78 is 10.3. The molecule has 0 bridgehead atoms. The van der Waals surface area contributed by atoms with Crippen LogP contribution in [0.25, 0.3) is 0 Å². The lowest BCUT2D eigenvalue weighted by atomic mass is 10.1. The molecule has 2 amide bonds. The Balaban J connectivity index is 1.81. The van der Waals surface area contributed by atoms with E-state index in [0.29, 0.717) is 11.1 Å². The molecule has 0 aliphatic carbocycles. The number of imide groups is 1. The maximum Gasteiger partial charge on any atom is 0.332 e. The minimum atomic E-state index is -0.566. The number of amides is 2. The largest absolute Gasteiger partial charge is 0.458 e. The molecular formula is C16H19NO5. The van der Waals surface area contributed by atoms with Crippen LogP contribution >= 0.6 is 0 Å². The summed E-state index contributed by atoms with van der Waals surface area (Å²) in [6.07, 6.45) is 0. The highest BCUT2D eigenvalue weighted by atomic mass is 16.6. The fourth-order valence-electron chi connectivity index (χ4n) is 2.12. The van der Waals surface area contributed by atoms with Crippen molar-refractivity contribution in [1.82, 2.24) is 4.90 Å². The Bertz CT molecular complexity index is 568. The molecule has 22 heavy (non-hydrogen) atoms. The van der Waals surface area contributed by atoms with Gasteiger partial charge < -0.3 is 9.47 Å². The van der Waals surface area contributed by atoms with Gasteiger partial charge in [-0.1, -0.05) is 12.1 Å². The molecule has 0 fully saturated rings. The summed E-state index contributed by atoms with van der Waals surface area (Å²) in [5, 5.41) is 0. The van der Waals surface area contributed by atoms with Gasteiger partial charge in [0.25, 0.3) is 11.8 Å². The number of carbonyl (C=O) groups excluding carboxylic acids is 3. The van der Waals surface area contributed by atoms with Crippen molar-refractivity contribution in [1.29, 1.82) is 0 Å². The molecule has 1 aromatic carbocycles. The van der Waals surface area contributed by atoms with Crippen LogP contribution in [0.4, 0.5) is 0 Å². The summed E-state index contributed by atoms with van der Waals surface area (Å²) in [5.74, 6) is -1.14. The van der Waals surface area contributed by atoms with E-state index >= 15 is 0 Å². The lowest BCUT2D eigenvalue weighted by Crippen LogP contribution is -2.34. The van der Waals surface area contributed by atoms with E-state index < -0.39 is 11.6 Å². The van der Waals surface area contributed by atoms with E-state index in [1.54, 1.807) is 45.0 Å². The molecule has 1 aromatic rings. The highest BCUT2D eigenvalue weighted by Crippen LogP contribution is 2.21. The van der Waals surface area contributed by atoms with Crippen molar-refractivity contribution in [2.24, 2.45) is 0 Å². The predicted octanol–water partition coefficient (Wildman–Crippen LogP) is 1.64. The summed E-state index contributed by atoms with van der Waals surface area (Å²) in [6, 6.07) is 6.67. The Morgan fingerprint density at radius 3 is 2.14 bits per heavy atom. The third kappa shape index (κ3) is 3.71. The Kier molecular flexibility index (Phi) is 4.61. The van der Waals surface area contributed by atoms with Crippen LogP contribution in [0.2, 0.25) is 0 Å². The van der Waals surface area contributed by atoms with Crippen molar-refractivity contribution >= 4 is 17.8 Å². The number of esters is 1. The van der Waals surface area contributed by atoms with Gasteiger partial charge >= 0.3 is 5.97 Å². The average Bonchev–Trinajstić information content (AvgIpc) is 2.67. The Morgan fingerprint density at radius 1 is 1.09 bits per heavy atom. The van der Waals surface area contributed by atoms with Gasteiger partial charge in [-0.3, -0.25) is 14.5 Å². The van der Waals surface area contributed by atoms with Gasteiger partial charge in [0.15, 0.2) is 0 Å². The third-order valence-corrected chi connectivity index (χ3v) is 2.98. The number of nitrogens with zero attached hydrogens (tertiary/aromatic N) is 1. The van der Waals surface area contributed by atoms with Crippen molar-refractivity contribution < 1.29 is 23.9 Å².